The molecule has 0 atom stereocenters. The maximum absolute atomic E-state index is 13.3. The van der Waals surface area contributed by atoms with E-state index in [-0.39, 0.29) is 18.7 Å². The molecular formula is C14H18F4N2. The van der Waals surface area contributed by atoms with Crippen LogP contribution in [0, 0.1) is 11.7 Å². The average Bonchev–Trinajstić information content (AvgIpc) is 2.38. The van der Waals surface area contributed by atoms with Gasteiger partial charge in [0.15, 0.2) is 0 Å². The predicted molar refractivity (Wildman–Crippen MR) is 70.2 cm³/mol. The second kappa shape index (κ2) is 5.99. The Balaban J connectivity index is 2.10. The zero-order chi connectivity index (χ0) is 14.8. The highest BCUT2D eigenvalue weighted by atomic mass is 19.4. The molecule has 1 fully saturated rings. The number of rotatable bonds is 3. The first-order valence-electron chi connectivity index (χ1n) is 6.66. The van der Waals surface area contributed by atoms with Crippen molar-refractivity contribution in [1.29, 1.82) is 0 Å². The summed E-state index contributed by atoms with van der Waals surface area (Å²) in [7, 11) is 1.75. The monoisotopic (exact) mass is 290 g/mol. The van der Waals surface area contributed by atoms with E-state index in [4.69, 9.17) is 0 Å². The van der Waals surface area contributed by atoms with Crippen molar-refractivity contribution in [2.45, 2.75) is 25.6 Å². The van der Waals surface area contributed by atoms with Crippen molar-refractivity contribution in [3.05, 3.63) is 29.6 Å². The van der Waals surface area contributed by atoms with Gasteiger partial charge in [-0.3, -0.25) is 0 Å². The molecule has 20 heavy (non-hydrogen) atoms. The molecule has 0 amide bonds. The number of hydrogen-bond donors (Lipinski definition) is 1. The van der Waals surface area contributed by atoms with Crippen LogP contribution in [0.3, 0.4) is 0 Å². The number of benzene rings is 1. The number of anilines is 1. The molecule has 1 aromatic rings. The SMILES string of the molecule is CNCc1cc(F)ccc1N1CCC(C(F)(F)F)CC1. The summed E-state index contributed by atoms with van der Waals surface area (Å²) in [6.45, 7) is 1.20. The zero-order valence-corrected chi connectivity index (χ0v) is 11.3. The quantitative estimate of drug-likeness (QED) is 0.859. The van der Waals surface area contributed by atoms with E-state index in [0.717, 1.165) is 11.3 Å². The van der Waals surface area contributed by atoms with Crippen molar-refractivity contribution in [3.8, 4) is 0 Å². The van der Waals surface area contributed by atoms with Crippen LogP contribution in [0.1, 0.15) is 18.4 Å². The van der Waals surface area contributed by atoms with Crippen molar-refractivity contribution in [1.82, 2.24) is 5.32 Å². The number of halogens is 4. The summed E-state index contributed by atoms with van der Waals surface area (Å²) in [6.07, 6.45) is -3.91. The van der Waals surface area contributed by atoms with Crippen LogP contribution in [0.25, 0.3) is 0 Å². The Morgan fingerprint density at radius 2 is 1.90 bits per heavy atom. The molecule has 2 nitrogen and oxygen atoms in total. The molecule has 1 aromatic carbocycles. The molecule has 1 aliphatic rings. The van der Waals surface area contributed by atoms with Gasteiger partial charge in [-0.25, -0.2) is 4.39 Å². The van der Waals surface area contributed by atoms with E-state index in [9.17, 15) is 17.6 Å². The predicted octanol–water partition coefficient (Wildman–Crippen LogP) is 3.32. The lowest BCUT2D eigenvalue weighted by molar-refractivity contribution is -0.179. The summed E-state index contributed by atoms with van der Waals surface area (Å²) < 4.78 is 51.2. The van der Waals surface area contributed by atoms with Gasteiger partial charge in [0.25, 0.3) is 0 Å². The van der Waals surface area contributed by atoms with Gasteiger partial charge >= 0.3 is 6.18 Å². The lowest BCUT2D eigenvalue weighted by Crippen LogP contribution is -2.39. The lowest BCUT2D eigenvalue weighted by Gasteiger charge is -2.35. The molecule has 2 rings (SSSR count). The summed E-state index contributed by atoms with van der Waals surface area (Å²) in [5.74, 6) is -1.55. The van der Waals surface area contributed by atoms with Crippen molar-refractivity contribution in [2.24, 2.45) is 5.92 Å². The van der Waals surface area contributed by atoms with E-state index < -0.39 is 12.1 Å². The van der Waals surface area contributed by atoms with Gasteiger partial charge in [-0.2, -0.15) is 13.2 Å². The molecule has 0 aromatic heterocycles. The molecule has 112 valence electrons. The number of nitrogens with one attached hydrogen (secondary N) is 1. The molecule has 1 N–H and O–H groups in total. The Kier molecular flexibility index (Phi) is 4.52. The minimum absolute atomic E-state index is 0.0971. The van der Waals surface area contributed by atoms with E-state index in [1.54, 1.807) is 13.1 Å². The van der Waals surface area contributed by atoms with Crippen LogP contribution < -0.4 is 10.2 Å². The number of hydrogen-bond acceptors (Lipinski definition) is 2. The number of piperidine rings is 1. The van der Waals surface area contributed by atoms with Crippen LogP contribution in [-0.4, -0.2) is 26.3 Å². The van der Waals surface area contributed by atoms with Gasteiger partial charge in [-0.05, 0) is 43.7 Å². The second-order valence-corrected chi connectivity index (χ2v) is 5.11. The average molecular weight is 290 g/mol. The third-order valence-corrected chi connectivity index (χ3v) is 3.71. The van der Waals surface area contributed by atoms with Crippen LogP contribution in [0.5, 0.6) is 0 Å². The van der Waals surface area contributed by atoms with Crippen LogP contribution >= 0.6 is 0 Å². The van der Waals surface area contributed by atoms with Gasteiger partial charge in [0, 0.05) is 25.3 Å². The Morgan fingerprint density at radius 1 is 1.25 bits per heavy atom. The zero-order valence-electron chi connectivity index (χ0n) is 11.3. The van der Waals surface area contributed by atoms with Gasteiger partial charge in [0.1, 0.15) is 5.82 Å². The van der Waals surface area contributed by atoms with Crippen LogP contribution in [-0.2, 0) is 6.54 Å². The van der Waals surface area contributed by atoms with E-state index >= 15 is 0 Å². The fourth-order valence-corrected chi connectivity index (χ4v) is 2.64. The number of nitrogens with zero attached hydrogens (tertiary/aromatic N) is 1. The molecule has 1 saturated heterocycles. The molecule has 1 heterocycles. The standard InChI is InChI=1S/C14H18F4N2/c1-19-9-10-8-12(15)2-3-13(10)20-6-4-11(5-7-20)14(16,17)18/h2-3,8,11,19H,4-7,9H2,1H3. The molecule has 0 bridgehead atoms. The minimum Gasteiger partial charge on any atom is -0.371 e. The molecule has 0 saturated carbocycles. The summed E-state index contributed by atoms with van der Waals surface area (Å²) >= 11 is 0. The summed E-state index contributed by atoms with van der Waals surface area (Å²) in [4.78, 5) is 1.91. The highest BCUT2D eigenvalue weighted by Gasteiger charge is 2.41. The first kappa shape index (κ1) is 15.1. The fourth-order valence-electron chi connectivity index (χ4n) is 2.64. The van der Waals surface area contributed by atoms with Crippen LogP contribution in [0.2, 0.25) is 0 Å². The molecule has 6 heteroatoms. The van der Waals surface area contributed by atoms with Crippen LogP contribution in [0.4, 0.5) is 23.2 Å². The van der Waals surface area contributed by atoms with Gasteiger partial charge in [-0.15, -0.1) is 0 Å². The van der Waals surface area contributed by atoms with Crippen molar-refractivity contribution in [3.63, 3.8) is 0 Å². The lowest BCUT2D eigenvalue weighted by atomic mass is 9.95. The fraction of sp³-hybridized carbons (Fsp3) is 0.571. The van der Waals surface area contributed by atoms with E-state index in [2.05, 4.69) is 5.32 Å². The van der Waals surface area contributed by atoms with Gasteiger partial charge in [-0.1, -0.05) is 0 Å². The Hall–Kier alpha value is -1.30. The Labute approximate surface area is 115 Å². The third kappa shape index (κ3) is 3.42. The van der Waals surface area contributed by atoms with Gasteiger partial charge in [0.05, 0.1) is 5.92 Å². The van der Waals surface area contributed by atoms with Crippen molar-refractivity contribution < 1.29 is 17.6 Å². The molecule has 1 aliphatic heterocycles. The summed E-state index contributed by atoms with van der Waals surface area (Å²) in [5.41, 5.74) is 1.60. The van der Waals surface area contributed by atoms with Crippen molar-refractivity contribution in [2.75, 3.05) is 25.0 Å². The highest BCUT2D eigenvalue weighted by molar-refractivity contribution is 5.54. The summed E-state index contributed by atoms with van der Waals surface area (Å²) in [6, 6.07) is 4.43. The first-order valence-corrected chi connectivity index (χ1v) is 6.66. The molecule has 0 unspecified atom stereocenters. The van der Waals surface area contributed by atoms with Crippen LogP contribution in [0.15, 0.2) is 18.2 Å². The van der Waals surface area contributed by atoms with Crippen molar-refractivity contribution >= 4 is 5.69 Å². The minimum atomic E-state index is -4.11. The Morgan fingerprint density at radius 3 is 2.45 bits per heavy atom. The normalized spacial score (nSPS) is 17.6. The topological polar surface area (TPSA) is 15.3 Å². The smallest absolute Gasteiger partial charge is 0.371 e. The van der Waals surface area contributed by atoms with Gasteiger partial charge in [0.2, 0.25) is 0 Å². The highest BCUT2D eigenvalue weighted by Crippen LogP contribution is 2.36. The molecule has 0 radical (unpaired) electrons. The largest absolute Gasteiger partial charge is 0.391 e. The maximum atomic E-state index is 13.3. The molecular weight excluding hydrogens is 272 g/mol. The third-order valence-electron chi connectivity index (χ3n) is 3.71. The van der Waals surface area contributed by atoms with Gasteiger partial charge < -0.3 is 10.2 Å². The van der Waals surface area contributed by atoms with E-state index in [1.807, 2.05) is 4.90 Å². The Bertz CT molecular complexity index is 451. The van der Waals surface area contributed by atoms with E-state index in [1.165, 1.54) is 12.1 Å². The molecule has 0 spiro atoms. The molecule has 0 aliphatic carbocycles. The second-order valence-electron chi connectivity index (χ2n) is 5.11. The summed E-state index contributed by atoms with van der Waals surface area (Å²) in [5, 5.41) is 2.95. The van der Waals surface area contributed by atoms with E-state index in [0.29, 0.717) is 19.6 Å². The number of alkyl halides is 3. The first-order chi connectivity index (χ1) is 9.41. The maximum Gasteiger partial charge on any atom is 0.391 e.